The van der Waals surface area contributed by atoms with Gasteiger partial charge in [-0.05, 0) is 48.2 Å². The normalized spacial score (nSPS) is 12.3. The van der Waals surface area contributed by atoms with Gasteiger partial charge in [-0.3, -0.25) is 9.59 Å². The molecule has 1 atom stereocenters. The average molecular weight is 439 g/mol. The van der Waals surface area contributed by atoms with Crippen molar-refractivity contribution in [2.45, 2.75) is 37.1 Å². The lowest BCUT2D eigenvalue weighted by Crippen LogP contribution is -2.41. The van der Waals surface area contributed by atoms with Gasteiger partial charge < -0.3 is 10.4 Å². The van der Waals surface area contributed by atoms with E-state index in [1.54, 1.807) is 31.2 Å². The summed E-state index contributed by atoms with van der Waals surface area (Å²) in [5, 5.41) is 12.6. The molecule has 1 amide bonds. The second kappa shape index (κ2) is 10.4. The summed E-state index contributed by atoms with van der Waals surface area (Å²) in [7, 11) is -4.01. The predicted molar refractivity (Wildman–Crippen MR) is 111 cm³/mol. The van der Waals surface area contributed by atoms with Crippen LogP contribution in [0.2, 0.25) is 5.02 Å². The van der Waals surface area contributed by atoms with Gasteiger partial charge in [0, 0.05) is 18.0 Å². The lowest BCUT2D eigenvalue weighted by molar-refractivity contribution is -0.139. The number of halogens is 1. The first-order valence-corrected chi connectivity index (χ1v) is 11.0. The van der Waals surface area contributed by atoms with Gasteiger partial charge in [-0.2, -0.15) is 4.72 Å². The summed E-state index contributed by atoms with van der Waals surface area (Å²) in [5.74, 6) is -1.41. The number of carbonyl (C=O) groups is 2. The highest BCUT2D eigenvalue weighted by atomic mass is 35.5. The van der Waals surface area contributed by atoms with Crippen molar-refractivity contribution >= 4 is 33.5 Å². The van der Waals surface area contributed by atoms with Crippen molar-refractivity contribution in [3.05, 3.63) is 53.6 Å². The van der Waals surface area contributed by atoms with E-state index in [1.807, 2.05) is 12.1 Å². The Hall–Kier alpha value is -2.42. The van der Waals surface area contributed by atoms with E-state index in [4.69, 9.17) is 11.6 Å². The molecule has 2 aromatic rings. The van der Waals surface area contributed by atoms with E-state index in [-0.39, 0.29) is 23.8 Å². The highest BCUT2D eigenvalue weighted by molar-refractivity contribution is 7.89. The van der Waals surface area contributed by atoms with Gasteiger partial charge in [0.25, 0.3) is 0 Å². The summed E-state index contributed by atoms with van der Waals surface area (Å²) in [4.78, 5) is 22.6. The van der Waals surface area contributed by atoms with Crippen LogP contribution in [0.1, 0.15) is 26.2 Å². The largest absolute Gasteiger partial charge is 0.480 e. The van der Waals surface area contributed by atoms with Gasteiger partial charge in [-0.25, -0.2) is 8.42 Å². The molecule has 156 valence electrons. The molecule has 9 heteroatoms. The van der Waals surface area contributed by atoms with E-state index in [0.717, 1.165) is 11.1 Å². The third-order valence-electron chi connectivity index (χ3n) is 4.25. The number of amides is 1. The fraction of sp³-hybridized carbons (Fsp3) is 0.300. The zero-order valence-electron chi connectivity index (χ0n) is 15.9. The smallest absolute Gasteiger partial charge is 0.321 e. The van der Waals surface area contributed by atoms with Crippen LogP contribution in [-0.4, -0.2) is 38.0 Å². The number of nitrogens with one attached hydrogen (secondary N) is 2. The van der Waals surface area contributed by atoms with Gasteiger partial charge in [0.15, 0.2) is 0 Å². The maximum atomic E-state index is 12.6. The second-order valence-corrected chi connectivity index (χ2v) is 8.54. The number of benzene rings is 2. The molecule has 0 heterocycles. The van der Waals surface area contributed by atoms with Crippen molar-refractivity contribution in [1.29, 1.82) is 0 Å². The van der Waals surface area contributed by atoms with Crippen molar-refractivity contribution < 1.29 is 23.1 Å². The third-order valence-corrected chi connectivity index (χ3v) is 5.99. The highest BCUT2D eigenvalue weighted by Gasteiger charge is 2.25. The molecule has 29 heavy (non-hydrogen) atoms. The molecule has 0 aliphatic carbocycles. The molecule has 0 bridgehead atoms. The van der Waals surface area contributed by atoms with Gasteiger partial charge in [0.1, 0.15) is 6.04 Å². The Kier molecular flexibility index (Phi) is 8.19. The summed E-state index contributed by atoms with van der Waals surface area (Å²) in [6.45, 7) is 2.00. The Morgan fingerprint density at radius 2 is 1.59 bits per heavy atom. The first-order chi connectivity index (χ1) is 13.7. The average Bonchev–Trinajstić information content (AvgIpc) is 2.70. The van der Waals surface area contributed by atoms with Crippen LogP contribution in [-0.2, 0) is 19.6 Å². The number of hydrogen-bond acceptors (Lipinski definition) is 4. The summed E-state index contributed by atoms with van der Waals surface area (Å²) in [5.41, 5.74) is 1.69. The molecule has 7 nitrogen and oxygen atoms in total. The van der Waals surface area contributed by atoms with Crippen molar-refractivity contribution in [2.75, 3.05) is 6.54 Å². The Labute approximate surface area is 175 Å². The fourth-order valence-electron chi connectivity index (χ4n) is 2.62. The first-order valence-electron chi connectivity index (χ1n) is 9.10. The molecule has 0 aliphatic rings. The van der Waals surface area contributed by atoms with Crippen LogP contribution in [0.15, 0.2) is 53.4 Å². The Balaban J connectivity index is 2.04. The maximum Gasteiger partial charge on any atom is 0.321 e. The van der Waals surface area contributed by atoms with Crippen LogP contribution in [0.4, 0.5) is 0 Å². The number of aliphatic carboxylic acids is 1. The van der Waals surface area contributed by atoms with Crippen LogP contribution < -0.4 is 10.0 Å². The number of hydrogen-bond donors (Lipinski definition) is 3. The molecule has 0 saturated heterocycles. The first kappa shape index (κ1) is 22.9. The maximum absolute atomic E-state index is 12.6. The Bertz CT molecular complexity index is 944. The Morgan fingerprint density at radius 3 is 2.10 bits per heavy atom. The van der Waals surface area contributed by atoms with E-state index >= 15 is 0 Å². The summed E-state index contributed by atoms with van der Waals surface area (Å²) in [6, 6.07) is 12.0. The Morgan fingerprint density at radius 1 is 1.03 bits per heavy atom. The minimum Gasteiger partial charge on any atom is -0.480 e. The number of carboxylic acids is 1. The molecule has 0 fully saturated rings. The molecule has 0 radical (unpaired) electrons. The van der Waals surface area contributed by atoms with Gasteiger partial charge in [0.05, 0.1) is 4.90 Å². The minimum absolute atomic E-state index is 0.0271. The van der Waals surface area contributed by atoms with Crippen LogP contribution in [0, 0.1) is 0 Å². The van der Waals surface area contributed by atoms with Crippen LogP contribution in [0.5, 0.6) is 0 Å². The quantitative estimate of drug-likeness (QED) is 0.493. The van der Waals surface area contributed by atoms with Crippen molar-refractivity contribution in [1.82, 2.24) is 10.0 Å². The standard InChI is InChI=1S/C20H23ClN2O5S/c1-2-19(24)22-13-3-4-18(20(25)26)23-29(27,28)17-11-7-15(8-12-17)14-5-9-16(21)10-6-14/h5-12,18,23H,2-4,13H2,1H3,(H,22,24)(H,25,26). The van der Waals surface area contributed by atoms with E-state index < -0.39 is 22.0 Å². The predicted octanol–water partition coefficient (Wildman–Crippen LogP) is 3.04. The van der Waals surface area contributed by atoms with E-state index in [1.165, 1.54) is 12.1 Å². The van der Waals surface area contributed by atoms with Crippen LogP contribution in [0.3, 0.4) is 0 Å². The summed E-state index contributed by atoms with van der Waals surface area (Å²) < 4.78 is 27.4. The lowest BCUT2D eigenvalue weighted by atomic mass is 10.1. The van der Waals surface area contributed by atoms with Gasteiger partial charge in [0.2, 0.25) is 15.9 Å². The van der Waals surface area contributed by atoms with Crippen LogP contribution in [0.25, 0.3) is 11.1 Å². The molecule has 2 aromatic carbocycles. The third kappa shape index (κ3) is 6.85. The molecule has 0 aromatic heterocycles. The molecule has 2 rings (SSSR count). The number of carboxylic acid groups (broad SMARTS) is 1. The monoisotopic (exact) mass is 438 g/mol. The topological polar surface area (TPSA) is 113 Å². The number of sulfonamides is 1. The molecule has 0 spiro atoms. The highest BCUT2D eigenvalue weighted by Crippen LogP contribution is 2.23. The van der Waals surface area contributed by atoms with Gasteiger partial charge >= 0.3 is 5.97 Å². The molecule has 3 N–H and O–H groups in total. The van der Waals surface area contributed by atoms with E-state index in [9.17, 15) is 23.1 Å². The molecular weight excluding hydrogens is 416 g/mol. The molecule has 0 saturated carbocycles. The van der Waals surface area contributed by atoms with Crippen LogP contribution >= 0.6 is 11.6 Å². The summed E-state index contributed by atoms with van der Waals surface area (Å²) in [6.07, 6.45) is 0.725. The van der Waals surface area contributed by atoms with Crippen molar-refractivity contribution in [3.8, 4) is 11.1 Å². The molecule has 0 aliphatic heterocycles. The SMILES string of the molecule is CCC(=O)NCCCC(NS(=O)(=O)c1ccc(-c2ccc(Cl)cc2)cc1)C(=O)O. The number of rotatable bonds is 10. The lowest BCUT2D eigenvalue weighted by Gasteiger charge is -2.15. The van der Waals surface area contributed by atoms with Gasteiger partial charge in [-0.15, -0.1) is 0 Å². The summed E-state index contributed by atoms with van der Waals surface area (Å²) >= 11 is 5.87. The minimum atomic E-state index is -4.01. The van der Waals surface area contributed by atoms with Crippen molar-refractivity contribution in [2.24, 2.45) is 0 Å². The molecule has 1 unspecified atom stereocenters. The van der Waals surface area contributed by atoms with Gasteiger partial charge in [-0.1, -0.05) is 42.8 Å². The fourth-order valence-corrected chi connectivity index (χ4v) is 3.97. The van der Waals surface area contributed by atoms with E-state index in [0.29, 0.717) is 17.9 Å². The van der Waals surface area contributed by atoms with E-state index in [2.05, 4.69) is 10.0 Å². The zero-order valence-corrected chi connectivity index (χ0v) is 17.5. The van der Waals surface area contributed by atoms with Crippen molar-refractivity contribution in [3.63, 3.8) is 0 Å². The number of carbonyl (C=O) groups excluding carboxylic acids is 1. The zero-order chi connectivity index (χ0) is 21.4. The second-order valence-electron chi connectivity index (χ2n) is 6.39. The molecular formula is C20H23ClN2O5S.